The fourth-order valence-electron chi connectivity index (χ4n) is 3.52. The fraction of sp³-hybridized carbons (Fsp3) is 0.238. The predicted octanol–water partition coefficient (Wildman–Crippen LogP) is 5.73. The van der Waals surface area contributed by atoms with Crippen molar-refractivity contribution in [2.75, 3.05) is 11.4 Å². The van der Waals surface area contributed by atoms with Crippen molar-refractivity contribution in [3.63, 3.8) is 0 Å². The zero-order valence-electron chi connectivity index (χ0n) is 14.9. The molecule has 0 saturated carbocycles. The molecule has 0 saturated heterocycles. The van der Waals surface area contributed by atoms with Gasteiger partial charge in [0.15, 0.2) is 10.9 Å². The molecule has 0 unspecified atom stereocenters. The summed E-state index contributed by atoms with van der Waals surface area (Å²) in [6.07, 6.45) is 1.91. The Bertz CT molecular complexity index is 1120. The first-order valence-electron chi connectivity index (χ1n) is 9.09. The van der Waals surface area contributed by atoms with E-state index < -0.39 is 0 Å². The number of aryl methyl sites for hydroxylation is 1. The Balaban J connectivity index is 1.49. The van der Waals surface area contributed by atoms with Gasteiger partial charge in [0.2, 0.25) is 0 Å². The van der Waals surface area contributed by atoms with Crippen LogP contribution in [0.1, 0.15) is 23.7 Å². The molecule has 6 heteroatoms. The highest BCUT2D eigenvalue weighted by atomic mass is 35.5. The van der Waals surface area contributed by atoms with E-state index in [1.165, 1.54) is 10.3 Å². The Kier molecular flexibility index (Phi) is 4.14. The normalized spacial score (nSPS) is 13.9. The van der Waals surface area contributed by atoms with Crippen LogP contribution in [-0.4, -0.2) is 16.7 Å². The lowest BCUT2D eigenvalue weighted by molar-refractivity contribution is 0.424. The number of hydrogen-bond donors (Lipinski definition) is 0. The van der Waals surface area contributed by atoms with Gasteiger partial charge < -0.3 is 9.42 Å². The molecule has 5 rings (SSSR count). The van der Waals surface area contributed by atoms with Crippen LogP contribution in [0.4, 0.5) is 5.13 Å². The topological polar surface area (TPSA) is 42.2 Å². The van der Waals surface area contributed by atoms with Crippen molar-refractivity contribution in [2.45, 2.75) is 26.3 Å². The number of anilines is 1. The smallest absolute Gasteiger partial charge is 0.186 e. The summed E-state index contributed by atoms with van der Waals surface area (Å²) in [5.74, 6) is 0.834. The molecule has 2 aromatic carbocycles. The van der Waals surface area contributed by atoms with Gasteiger partial charge in [0, 0.05) is 29.1 Å². The van der Waals surface area contributed by atoms with Crippen molar-refractivity contribution in [1.29, 1.82) is 0 Å². The molecule has 0 bridgehead atoms. The summed E-state index contributed by atoms with van der Waals surface area (Å²) in [6.45, 7) is 3.84. The van der Waals surface area contributed by atoms with E-state index in [0.717, 1.165) is 64.2 Å². The van der Waals surface area contributed by atoms with Crippen molar-refractivity contribution >= 4 is 38.3 Å². The van der Waals surface area contributed by atoms with Crippen LogP contribution in [-0.2, 0) is 19.4 Å². The first-order chi connectivity index (χ1) is 13.2. The summed E-state index contributed by atoms with van der Waals surface area (Å²) in [5, 5.41) is 6.08. The molecule has 0 amide bonds. The molecule has 1 aliphatic heterocycles. The molecule has 0 spiro atoms. The van der Waals surface area contributed by atoms with Gasteiger partial charge in [-0.1, -0.05) is 41.1 Å². The summed E-state index contributed by atoms with van der Waals surface area (Å²) in [5.41, 5.74) is 5.62. The Morgan fingerprint density at radius 1 is 1.19 bits per heavy atom. The number of halogens is 1. The third-order valence-corrected chi connectivity index (χ3v) is 6.39. The Morgan fingerprint density at radius 2 is 2.04 bits per heavy atom. The van der Waals surface area contributed by atoms with Crippen LogP contribution in [0.5, 0.6) is 0 Å². The quantitative estimate of drug-likeness (QED) is 0.444. The standard InChI is InChI=1S/C21H18ClN3OS/c1-2-13-3-8-18-19(11-13)27-21(23-18)25-10-9-17-16(12-25)20(26-24-17)14-4-6-15(22)7-5-14/h3-8,11H,2,9-10,12H2,1H3. The van der Waals surface area contributed by atoms with Crippen LogP contribution in [0.15, 0.2) is 47.0 Å². The van der Waals surface area contributed by atoms with Gasteiger partial charge in [0.1, 0.15) is 0 Å². The van der Waals surface area contributed by atoms with Gasteiger partial charge >= 0.3 is 0 Å². The number of rotatable bonds is 3. The van der Waals surface area contributed by atoms with Crippen molar-refractivity contribution in [3.05, 3.63) is 64.3 Å². The highest BCUT2D eigenvalue weighted by Gasteiger charge is 2.26. The maximum atomic E-state index is 6.02. The fourth-order valence-corrected chi connectivity index (χ4v) is 4.70. The Hall–Kier alpha value is -2.37. The van der Waals surface area contributed by atoms with Crippen LogP contribution in [0.3, 0.4) is 0 Å². The van der Waals surface area contributed by atoms with E-state index in [9.17, 15) is 0 Å². The molecule has 0 fully saturated rings. The van der Waals surface area contributed by atoms with Gasteiger partial charge in [0.05, 0.1) is 22.5 Å². The third kappa shape index (κ3) is 3.01. The van der Waals surface area contributed by atoms with Crippen LogP contribution < -0.4 is 4.90 Å². The first kappa shape index (κ1) is 16.8. The molecule has 0 aliphatic carbocycles. The number of aromatic nitrogens is 2. The van der Waals surface area contributed by atoms with Gasteiger partial charge in [-0.3, -0.25) is 0 Å². The molecule has 3 heterocycles. The minimum atomic E-state index is 0.717. The Labute approximate surface area is 166 Å². The number of hydrogen-bond acceptors (Lipinski definition) is 5. The Morgan fingerprint density at radius 3 is 2.85 bits per heavy atom. The molecule has 2 aromatic heterocycles. The van der Waals surface area contributed by atoms with E-state index in [1.54, 1.807) is 11.3 Å². The average molecular weight is 396 g/mol. The summed E-state index contributed by atoms with van der Waals surface area (Å²) in [7, 11) is 0. The zero-order chi connectivity index (χ0) is 18.4. The summed E-state index contributed by atoms with van der Waals surface area (Å²) >= 11 is 7.78. The highest BCUT2D eigenvalue weighted by Crippen LogP contribution is 2.36. The van der Waals surface area contributed by atoms with Crippen molar-refractivity contribution < 1.29 is 4.52 Å². The number of nitrogens with zero attached hydrogens (tertiary/aromatic N) is 3. The van der Waals surface area contributed by atoms with Crippen molar-refractivity contribution in [3.8, 4) is 11.3 Å². The molecule has 0 radical (unpaired) electrons. The molecule has 0 N–H and O–H groups in total. The molecule has 4 aromatic rings. The van der Waals surface area contributed by atoms with E-state index in [0.29, 0.717) is 0 Å². The van der Waals surface area contributed by atoms with Gasteiger partial charge in [-0.05, 0) is 48.4 Å². The highest BCUT2D eigenvalue weighted by molar-refractivity contribution is 7.22. The molecular formula is C21H18ClN3OS. The number of benzene rings is 2. The monoisotopic (exact) mass is 395 g/mol. The lowest BCUT2D eigenvalue weighted by Gasteiger charge is -2.25. The largest absolute Gasteiger partial charge is 0.356 e. The van der Waals surface area contributed by atoms with Crippen LogP contribution in [0.25, 0.3) is 21.5 Å². The van der Waals surface area contributed by atoms with E-state index >= 15 is 0 Å². The van der Waals surface area contributed by atoms with Crippen LogP contribution in [0, 0.1) is 0 Å². The van der Waals surface area contributed by atoms with Crippen molar-refractivity contribution in [1.82, 2.24) is 10.1 Å². The number of thiazole rings is 1. The third-order valence-electron chi connectivity index (χ3n) is 5.06. The molecule has 0 atom stereocenters. The molecular weight excluding hydrogens is 378 g/mol. The molecule has 1 aliphatic rings. The first-order valence-corrected chi connectivity index (χ1v) is 10.3. The van der Waals surface area contributed by atoms with E-state index in [4.69, 9.17) is 21.1 Å². The predicted molar refractivity (Wildman–Crippen MR) is 111 cm³/mol. The number of fused-ring (bicyclic) bond motifs is 2. The average Bonchev–Trinajstić information content (AvgIpc) is 3.31. The maximum Gasteiger partial charge on any atom is 0.186 e. The minimum absolute atomic E-state index is 0.717. The van der Waals surface area contributed by atoms with E-state index in [1.807, 2.05) is 24.3 Å². The summed E-state index contributed by atoms with van der Waals surface area (Å²) < 4.78 is 6.93. The van der Waals surface area contributed by atoms with E-state index in [-0.39, 0.29) is 0 Å². The van der Waals surface area contributed by atoms with Gasteiger partial charge in [-0.25, -0.2) is 4.98 Å². The van der Waals surface area contributed by atoms with Gasteiger partial charge in [-0.15, -0.1) is 0 Å². The lowest BCUT2D eigenvalue weighted by Crippen LogP contribution is -2.30. The second kappa shape index (κ2) is 6.66. The summed E-state index contributed by atoms with van der Waals surface area (Å²) in [6, 6.07) is 14.3. The minimum Gasteiger partial charge on any atom is -0.356 e. The van der Waals surface area contributed by atoms with Crippen LogP contribution >= 0.6 is 22.9 Å². The molecule has 4 nitrogen and oxygen atoms in total. The maximum absolute atomic E-state index is 6.02. The van der Waals surface area contributed by atoms with E-state index in [2.05, 4.69) is 35.2 Å². The van der Waals surface area contributed by atoms with Crippen molar-refractivity contribution in [2.24, 2.45) is 0 Å². The second-order valence-corrected chi connectivity index (χ2v) is 8.21. The van der Waals surface area contributed by atoms with Crippen LogP contribution in [0.2, 0.25) is 5.02 Å². The van der Waals surface area contributed by atoms with Gasteiger partial charge in [-0.2, -0.15) is 0 Å². The lowest BCUT2D eigenvalue weighted by atomic mass is 10.0. The van der Waals surface area contributed by atoms with Gasteiger partial charge in [0.25, 0.3) is 0 Å². The summed E-state index contributed by atoms with van der Waals surface area (Å²) in [4.78, 5) is 7.19. The zero-order valence-corrected chi connectivity index (χ0v) is 16.5. The molecule has 136 valence electrons. The molecule has 27 heavy (non-hydrogen) atoms. The second-order valence-electron chi connectivity index (χ2n) is 6.77. The SMILES string of the molecule is CCc1ccc2nc(N3CCc4noc(-c5ccc(Cl)cc5)c4C3)sc2c1.